The van der Waals surface area contributed by atoms with Crippen molar-refractivity contribution in [2.75, 3.05) is 25.6 Å². The van der Waals surface area contributed by atoms with Gasteiger partial charge in [0.1, 0.15) is 12.1 Å². The van der Waals surface area contributed by atoms with Crippen LogP contribution < -0.4 is 5.32 Å². The van der Waals surface area contributed by atoms with Gasteiger partial charge in [-0.15, -0.1) is 0 Å². The van der Waals surface area contributed by atoms with Gasteiger partial charge in [0.15, 0.2) is 0 Å². The Morgan fingerprint density at radius 3 is 3.05 bits per heavy atom. The van der Waals surface area contributed by atoms with Crippen molar-refractivity contribution in [3.05, 3.63) is 18.1 Å². The van der Waals surface area contributed by atoms with Crippen molar-refractivity contribution < 1.29 is 9.47 Å². The van der Waals surface area contributed by atoms with Gasteiger partial charge in [-0.25, -0.2) is 9.97 Å². The van der Waals surface area contributed by atoms with Gasteiger partial charge in [-0.3, -0.25) is 0 Å². The summed E-state index contributed by atoms with van der Waals surface area (Å²) in [7, 11) is 1.76. The first kappa shape index (κ1) is 12.5. The lowest BCUT2D eigenvalue weighted by atomic mass is 9.67. The third-order valence-corrected chi connectivity index (χ3v) is 4.89. The van der Waals surface area contributed by atoms with E-state index in [2.05, 4.69) is 21.4 Å². The Morgan fingerprint density at radius 2 is 2.25 bits per heavy atom. The Bertz CT molecular complexity index is 492. The molecule has 1 saturated heterocycles. The van der Waals surface area contributed by atoms with Crippen LogP contribution in [0.1, 0.15) is 30.9 Å². The lowest BCUT2D eigenvalue weighted by molar-refractivity contribution is -0.0667. The number of hydrogen-bond donors (Lipinski definition) is 1. The molecule has 0 radical (unpaired) electrons. The van der Waals surface area contributed by atoms with E-state index < -0.39 is 0 Å². The molecule has 1 aromatic heterocycles. The topological polar surface area (TPSA) is 56.3 Å². The van der Waals surface area contributed by atoms with Crippen LogP contribution in [0.2, 0.25) is 0 Å². The summed E-state index contributed by atoms with van der Waals surface area (Å²) in [6.45, 7) is 1.63. The average Bonchev–Trinajstić information content (AvgIpc) is 3.23. The largest absolute Gasteiger partial charge is 0.384 e. The molecule has 4 rings (SSSR count). The molecule has 2 heterocycles. The molecule has 0 amide bonds. The normalized spacial score (nSPS) is 35.5. The number of rotatable bonds is 5. The predicted octanol–water partition coefficient (Wildman–Crippen LogP) is 1.82. The van der Waals surface area contributed by atoms with Crippen molar-refractivity contribution in [1.29, 1.82) is 0 Å². The summed E-state index contributed by atoms with van der Waals surface area (Å²) in [5, 5.41) is 3.60. The third kappa shape index (κ3) is 2.09. The number of nitrogens with zero attached hydrogens (tertiary/aromatic N) is 2. The van der Waals surface area contributed by atoms with E-state index in [1.165, 1.54) is 18.5 Å². The van der Waals surface area contributed by atoms with Gasteiger partial charge in [-0.1, -0.05) is 0 Å². The minimum Gasteiger partial charge on any atom is -0.384 e. The van der Waals surface area contributed by atoms with Gasteiger partial charge < -0.3 is 14.8 Å². The van der Waals surface area contributed by atoms with Crippen molar-refractivity contribution in [2.45, 2.75) is 37.3 Å². The van der Waals surface area contributed by atoms with Crippen LogP contribution in [0.25, 0.3) is 0 Å². The molecule has 0 unspecified atom stereocenters. The highest BCUT2D eigenvalue weighted by atomic mass is 16.5. The number of fused-ring (bicyclic) bond motifs is 1. The summed E-state index contributed by atoms with van der Waals surface area (Å²) in [4.78, 5) is 8.75. The van der Waals surface area contributed by atoms with E-state index in [1.54, 1.807) is 13.4 Å². The van der Waals surface area contributed by atoms with Gasteiger partial charge in [0.05, 0.1) is 12.7 Å². The minimum atomic E-state index is 0.372. The van der Waals surface area contributed by atoms with Crippen LogP contribution in [-0.4, -0.2) is 42.4 Å². The van der Waals surface area contributed by atoms with Gasteiger partial charge in [0, 0.05) is 49.3 Å². The van der Waals surface area contributed by atoms with Gasteiger partial charge in [0.25, 0.3) is 0 Å². The molecule has 108 valence electrons. The van der Waals surface area contributed by atoms with Crippen molar-refractivity contribution in [1.82, 2.24) is 9.97 Å². The molecule has 5 heteroatoms. The van der Waals surface area contributed by atoms with Crippen LogP contribution in [0.4, 0.5) is 5.82 Å². The smallest absolute Gasteiger partial charge is 0.129 e. The fourth-order valence-corrected chi connectivity index (χ4v) is 3.66. The first-order valence-corrected chi connectivity index (χ1v) is 7.56. The van der Waals surface area contributed by atoms with E-state index in [1.807, 2.05) is 0 Å². The van der Waals surface area contributed by atoms with Gasteiger partial charge in [-0.2, -0.15) is 0 Å². The molecule has 5 nitrogen and oxygen atoms in total. The number of nitrogens with one attached hydrogen (secondary N) is 1. The number of aromatic nitrogens is 2. The summed E-state index contributed by atoms with van der Waals surface area (Å²) in [6.07, 6.45) is 5.73. The van der Waals surface area contributed by atoms with Crippen LogP contribution in [0, 0.1) is 11.8 Å². The molecule has 1 aliphatic heterocycles. The number of ether oxygens (including phenoxy) is 2. The molecule has 1 aromatic rings. The van der Waals surface area contributed by atoms with Crippen molar-refractivity contribution in [2.24, 2.45) is 11.8 Å². The van der Waals surface area contributed by atoms with E-state index in [9.17, 15) is 0 Å². The maximum absolute atomic E-state index is 5.80. The highest BCUT2D eigenvalue weighted by molar-refractivity contribution is 5.40. The lowest BCUT2D eigenvalue weighted by Gasteiger charge is -2.47. The van der Waals surface area contributed by atoms with Crippen molar-refractivity contribution >= 4 is 5.82 Å². The Morgan fingerprint density at radius 1 is 1.35 bits per heavy atom. The minimum absolute atomic E-state index is 0.372. The van der Waals surface area contributed by atoms with Crippen LogP contribution in [-0.2, 0) is 9.47 Å². The summed E-state index contributed by atoms with van der Waals surface area (Å²) < 4.78 is 11.1. The first-order valence-electron chi connectivity index (χ1n) is 7.56. The molecule has 0 aromatic carbocycles. The molecule has 3 fully saturated rings. The molecule has 3 aliphatic rings. The monoisotopic (exact) mass is 275 g/mol. The van der Waals surface area contributed by atoms with Crippen LogP contribution in [0.15, 0.2) is 12.4 Å². The number of anilines is 1. The Labute approximate surface area is 119 Å². The second-order valence-corrected chi connectivity index (χ2v) is 6.18. The Hall–Kier alpha value is -1.20. The molecule has 0 bridgehead atoms. The van der Waals surface area contributed by atoms with E-state index in [-0.39, 0.29) is 0 Å². The highest BCUT2D eigenvalue weighted by Crippen LogP contribution is 2.45. The fourth-order valence-electron chi connectivity index (χ4n) is 3.66. The summed E-state index contributed by atoms with van der Waals surface area (Å²) in [6, 6.07) is 2.54. The Kier molecular flexibility index (Phi) is 3.11. The molecular weight excluding hydrogens is 254 g/mol. The van der Waals surface area contributed by atoms with Gasteiger partial charge in [0.2, 0.25) is 0 Å². The van der Waals surface area contributed by atoms with E-state index >= 15 is 0 Å². The quantitative estimate of drug-likeness (QED) is 0.888. The van der Waals surface area contributed by atoms with Gasteiger partial charge in [-0.05, 0) is 19.3 Å². The number of hydrogen-bond acceptors (Lipinski definition) is 5. The molecular formula is C15H21N3O2. The van der Waals surface area contributed by atoms with Crippen molar-refractivity contribution in [3.8, 4) is 0 Å². The maximum atomic E-state index is 5.80. The zero-order valence-electron chi connectivity index (χ0n) is 11.8. The highest BCUT2D eigenvalue weighted by Gasteiger charge is 2.53. The lowest BCUT2D eigenvalue weighted by Crippen LogP contribution is -2.58. The number of methoxy groups -OCH3 is 1. The summed E-state index contributed by atoms with van der Waals surface area (Å²) in [5.41, 5.74) is 1.18. The average molecular weight is 275 g/mol. The van der Waals surface area contributed by atoms with Crippen LogP contribution >= 0.6 is 0 Å². The first-order chi connectivity index (χ1) is 9.86. The molecule has 0 spiro atoms. The molecule has 2 aliphatic carbocycles. The van der Waals surface area contributed by atoms with Crippen molar-refractivity contribution in [3.63, 3.8) is 0 Å². The molecule has 20 heavy (non-hydrogen) atoms. The van der Waals surface area contributed by atoms with Gasteiger partial charge >= 0.3 is 0 Å². The summed E-state index contributed by atoms with van der Waals surface area (Å²) in [5.74, 6) is 2.66. The molecule has 1 N–H and O–H groups in total. The predicted molar refractivity (Wildman–Crippen MR) is 74.6 cm³/mol. The Balaban J connectivity index is 1.48. The standard InChI is InChI=1S/C15H21N3O2/c1-19-7-11-14(10-4-5-20-15(10)11)18-13-6-12(9-2-3-9)16-8-17-13/h6,8-11,14-15H,2-5,7H2,1H3,(H,16,17,18)/t10-,11+,14+,15-/m1/s1. The van der Waals surface area contributed by atoms with Crippen LogP contribution in [0.5, 0.6) is 0 Å². The molecule has 4 atom stereocenters. The van der Waals surface area contributed by atoms with E-state index in [4.69, 9.17) is 9.47 Å². The maximum Gasteiger partial charge on any atom is 0.129 e. The van der Waals surface area contributed by atoms with Crippen LogP contribution in [0.3, 0.4) is 0 Å². The van der Waals surface area contributed by atoms with E-state index in [0.29, 0.717) is 29.9 Å². The third-order valence-electron chi connectivity index (χ3n) is 4.89. The summed E-state index contributed by atoms with van der Waals surface area (Å²) >= 11 is 0. The second kappa shape index (κ2) is 4.97. The fraction of sp³-hybridized carbons (Fsp3) is 0.733. The zero-order valence-corrected chi connectivity index (χ0v) is 11.8. The zero-order chi connectivity index (χ0) is 13.5. The second-order valence-electron chi connectivity index (χ2n) is 6.18. The van der Waals surface area contributed by atoms with E-state index in [0.717, 1.165) is 25.5 Å². The molecule has 2 saturated carbocycles. The SMILES string of the molecule is COC[C@H]1[C@@H](Nc2cc(C3CC3)ncn2)[C@H]2CCO[C@H]21.